The molecule has 1 saturated carbocycles. The zero-order valence-electron chi connectivity index (χ0n) is 8.55. The van der Waals surface area contributed by atoms with E-state index in [0.717, 1.165) is 18.5 Å². The number of nitrogens with zero attached hydrogens (tertiary/aromatic N) is 4. The third-order valence-electron chi connectivity index (χ3n) is 3.10. The van der Waals surface area contributed by atoms with Crippen molar-refractivity contribution in [1.82, 2.24) is 25.0 Å². The van der Waals surface area contributed by atoms with Crippen molar-refractivity contribution in [3.8, 4) is 0 Å². The van der Waals surface area contributed by atoms with E-state index in [1.165, 1.54) is 0 Å². The van der Waals surface area contributed by atoms with Crippen LogP contribution < -0.4 is 0 Å². The van der Waals surface area contributed by atoms with Crippen LogP contribution in [0.4, 0.5) is 0 Å². The van der Waals surface area contributed by atoms with Crippen LogP contribution in [0.1, 0.15) is 12.8 Å². The van der Waals surface area contributed by atoms with Crippen molar-refractivity contribution < 1.29 is 5.11 Å². The van der Waals surface area contributed by atoms with Crippen molar-refractivity contribution >= 4 is 23.4 Å². The molecule has 2 N–H and O–H groups in total. The van der Waals surface area contributed by atoms with Crippen molar-refractivity contribution in [3.63, 3.8) is 0 Å². The average molecular weight is 237 g/mol. The molecule has 6 nitrogen and oxygen atoms in total. The van der Waals surface area contributed by atoms with Crippen LogP contribution in [0, 0.1) is 10.1 Å². The Hall–Kier alpha value is -1.34. The lowest BCUT2D eigenvalue weighted by Crippen LogP contribution is -2.17. The highest BCUT2D eigenvalue weighted by Gasteiger charge is 2.43. The summed E-state index contributed by atoms with van der Waals surface area (Å²) in [6.45, 7) is 0.870. The molecule has 0 spiro atoms. The van der Waals surface area contributed by atoms with E-state index in [9.17, 15) is 5.11 Å². The first-order valence-electron chi connectivity index (χ1n) is 5.12. The van der Waals surface area contributed by atoms with E-state index in [1.54, 1.807) is 11.0 Å². The second-order valence-corrected chi connectivity index (χ2v) is 4.70. The number of hydrogen-bond donors (Lipinski definition) is 2. The number of aromatic nitrogens is 5. The van der Waals surface area contributed by atoms with Gasteiger partial charge in [-0.15, -0.1) is 5.10 Å². The number of H-pyrrole nitrogens is 1. The number of fused-ring (bicyclic) bond motifs is 1. The first-order chi connectivity index (χ1) is 7.74. The normalized spacial score (nSPS) is 17.8. The number of aliphatic hydroxyl groups excluding tert-OH is 1. The Morgan fingerprint density at radius 3 is 3.06 bits per heavy atom. The molecule has 0 unspecified atom stereocenters. The van der Waals surface area contributed by atoms with E-state index in [4.69, 9.17) is 12.2 Å². The van der Waals surface area contributed by atoms with Gasteiger partial charge in [0.25, 0.3) is 0 Å². The Bertz CT molecular complexity index is 585. The molecule has 7 heteroatoms. The Morgan fingerprint density at radius 1 is 1.56 bits per heavy atom. The van der Waals surface area contributed by atoms with Gasteiger partial charge in [-0.2, -0.15) is 0 Å². The molecular formula is C9H11N5OS. The van der Waals surface area contributed by atoms with Crippen LogP contribution in [0.25, 0.3) is 11.2 Å². The van der Waals surface area contributed by atoms with Gasteiger partial charge in [0.05, 0.1) is 19.5 Å². The number of nitrogens with one attached hydrogen (secondary N) is 1. The summed E-state index contributed by atoms with van der Waals surface area (Å²) in [5.41, 5.74) is 1.39. The lowest BCUT2D eigenvalue weighted by Gasteiger charge is -2.10. The van der Waals surface area contributed by atoms with Gasteiger partial charge < -0.3 is 10.1 Å². The zero-order valence-corrected chi connectivity index (χ0v) is 9.37. The molecule has 0 amide bonds. The summed E-state index contributed by atoms with van der Waals surface area (Å²) in [5.74, 6) is 0. The minimum atomic E-state index is -0.000636. The van der Waals surface area contributed by atoms with Gasteiger partial charge in [-0.05, 0) is 12.8 Å². The molecule has 0 saturated heterocycles. The van der Waals surface area contributed by atoms with E-state index in [0.29, 0.717) is 16.7 Å². The number of aromatic amines is 1. The van der Waals surface area contributed by atoms with Crippen molar-refractivity contribution in [3.05, 3.63) is 11.0 Å². The minimum Gasteiger partial charge on any atom is -0.396 e. The van der Waals surface area contributed by atoms with Gasteiger partial charge in [0.15, 0.2) is 15.8 Å². The molecule has 1 fully saturated rings. The maximum absolute atomic E-state index is 9.28. The zero-order chi connectivity index (χ0) is 11.2. The summed E-state index contributed by atoms with van der Waals surface area (Å²) in [7, 11) is 0. The summed E-state index contributed by atoms with van der Waals surface area (Å²) in [6.07, 6.45) is 3.62. The molecule has 0 atom stereocenters. The maximum Gasteiger partial charge on any atom is 0.166 e. The minimum absolute atomic E-state index is 0.000636. The van der Waals surface area contributed by atoms with E-state index < -0.39 is 0 Å². The smallest absolute Gasteiger partial charge is 0.166 e. The fraction of sp³-hybridized carbons (Fsp3) is 0.556. The monoisotopic (exact) mass is 237 g/mol. The van der Waals surface area contributed by atoms with Crippen LogP contribution in [-0.2, 0) is 6.54 Å². The van der Waals surface area contributed by atoms with Crippen molar-refractivity contribution in [1.29, 1.82) is 0 Å². The molecule has 16 heavy (non-hydrogen) atoms. The molecule has 0 bridgehead atoms. The quantitative estimate of drug-likeness (QED) is 0.766. The Kier molecular flexibility index (Phi) is 2.05. The molecule has 0 radical (unpaired) electrons. The predicted molar refractivity (Wildman–Crippen MR) is 59.3 cm³/mol. The van der Waals surface area contributed by atoms with E-state index >= 15 is 0 Å². The van der Waals surface area contributed by atoms with Gasteiger partial charge in [0.1, 0.15) is 0 Å². The van der Waals surface area contributed by atoms with Crippen LogP contribution in [0.15, 0.2) is 6.33 Å². The molecule has 2 aromatic rings. The van der Waals surface area contributed by atoms with E-state index in [-0.39, 0.29) is 12.0 Å². The van der Waals surface area contributed by atoms with Gasteiger partial charge in [-0.3, -0.25) is 0 Å². The average Bonchev–Trinajstić information content (AvgIpc) is 2.95. The molecule has 0 aliphatic heterocycles. The van der Waals surface area contributed by atoms with E-state index in [1.807, 2.05) is 0 Å². The van der Waals surface area contributed by atoms with Crippen molar-refractivity contribution in [2.45, 2.75) is 19.4 Å². The van der Waals surface area contributed by atoms with Crippen LogP contribution >= 0.6 is 12.2 Å². The Morgan fingerprint density at radius 2 is 2.38 bits per heavy atom. The molecule has 2 aromatic heterocycles. The van der Waals surface area contributed by atoms with Crippen LogP contribution in [0.2, 0.25) is 0 Å². The largest absolute Gasteiger partial charge is 0.396 e. The van der Waals surface area contributed by atoms with Gasteiger partial charge in [-0.25, -0.2) is 9.67 Å². The molecule has 1 aliphatic carbocycles. The topological polar surface area (TPSA) is 79.6 Å². The highest BCUT2D eigenvalue weighted by Crippen LogP contribution is 2.46. The van der Waals surface area contributed by atoms with Gasteiger partial charge in [-0.1, -0.05) is 17.4 Å². The molecular weight excluding hydrogens is 226 g/mol. The first kappa shape index (κ1) is 9.86. The highest BCUT2D eigenvalue weighted by molar-refractivity contribution is 7.71. The predicted octanol–water partition coefficient (Wildman–Crippen LogP) is 0.656. The molecule has 84 valence electrons. The Balaban J connectivity index is 2.05. The van der Waals surface area contributed by atoms with Crippen molar-refractivity contribution in [2.75, 3.05) is 6.61 Å². The van der Waals surface area contributed by atoms with Gasteiger partial charge in [0, 0.05) is 5.41 Å². The maximum atomic E-state index is 9.28. The summed E-state index contributed by atoms with van der Waals surface area (Å²) in [5, 5.41) is 17.3. The fourth-order valence-corrected chi connectivity index (χ4v) is 1.97. The number of rotatable bonds is 3. The molecule has 0 aromatic carbocycles. The standard InChI is InChI=1S/C9H11N5OS/c15-4-9(1-2-9)3-14-7-6(12-13-14)8(16)11-5-10-7/h5,15H,1-4H2,(H,10,11,16). The van der Waals surface area contributed by atoms with Crippen LogP contribution in [-0.4, -0.2) is 36.7 Å². The lowest BCUT2D eigenvalue weighted by atomic mass is 10.1. The van der Waals surface area contributed by atoms with Crippen LogP contribution in [0.5, 0.6) is 0 Å². The third-order valence-corrected chi connectivity index (χ3v) is 3.40. The number of hydrogen-bond acceptors (Lipinski definition) is 5. The summed E-state index contributed by atoms with van der Waals surface area (Å²) >= 11 is 5.06. The second kappa shape index (κ2) is 3.33. The highest BCUT2D eigenvalue weighted by atomic mass is 32.1. The second-order valence-electron chi connectivity index (χ2n) is 4.31. The summed E-state index contributed by atoms with van der Waals surface area (Å²) < 4.78 is 2.21. The third kappa shape index (κ3) is 1.43. The first-order valence-corrected chi connectivity index (χ1v) is 5.53. The summed E-state index contributed by atoms with van der Waals surface area (Å²) in [6, 6.07) is 0. The molecule has 3 rings (SSSR count). The molecule has 1 aliphatic rings. The van der Waals surface area contributed by atoms with Gasteiger partial charge >= 0.3 is 0 Å². The summed E-state index contributed by atoms with van der Waals surface area (Å²) in [4.78, 5) is 6.94. The SMILES string of the molecule is OCC1(Cn2nnc3c(=S)nc[nH]c32)CC1. The van der Waals surface area contributed by atoms with Crippen LogP contribution in [0.3, 0.4) is 0 Å². The van der Waals surface area contributed by atoms with E-state index in [2.05, 4.69) is 20.3 Å². The van der Waals surface area contributed by atoms with Gasteiger partial charge in [0.2, 0.25) is 0 Å². The lowest BCUT2D eigenvalue weighted by molar-refractivity contribution is 0.191. The Labute approximate surface area is 96.3 Å². The molecule has 2 heterocycles. The number of aliphatic hydroxyl groups is 1. The fourth-order valence-electron chi connectivity index (χ4n) is 1.78. The van der Waals surface area contributed by atoms with Crippen molar-refractivity contribution in [2.24, 2.45) is 5.41 Å².